The van der Waals surface area contributed by atoms with Gasteiger partial charge in [-0.05, 0) is 36.4 Å². The molecule has 0 saturated heterocycles. The van der Waals surface area contributed by atoms with E-state index in [1.165, 1.54) is 0 Å². The van der Waals surface area contributed by atoms with E-state index in [4.69, 9.17) is 37.9 Å². The predicted molar refractivity (Wildman–Crippen MR) is 163 cm³/mol. The molecule has 0 bridgehead atoms. The van der Waals surface area contributed by atoms with Crippen molar-refractivity contribution in [3.05, 3.63) is 110 Å². The van der Waals surface area contributed by atoms with Gasteiger partial charge in [0.05, 0.1) is 13.2 Å². The predicted octanol–water partition coefficient (Wildman–Crippen LogP) is 4.83. The second-order valence-corrected chi connectivity index (χ2v) is 9.07. The highest BCUT2D eigenvalue weighted by atomic mass is 16.6. The quantitative estimate of drug-likeness (QED) is 0.0897. The van der Waals surface area contributed by atoms with Crippen molar-refractivity contribution < 1.29 is 47.5 Å². The number of esters is 2. The van der Waals surface area contributed by atoms with Gasteiger partial charge >= 0.3 is 11.9 Å². The average Bonchev–Trinajstić information content (AvgIpc) is 3.07. The van der Waals surface area contributed by atoms with Gasteiger partial charge in [-0.3, -0.25) is 0 Å². The van der Waals surface area contributed by atoms with Crippen LogP contribution in [0.3, 0.4) is 0 Å². The van der Waals surface area contributed by atoms with Crippen LogP contribution in [0.1, 0.15) is 0 Å². The number of hydrogen-bond acceptors (Lipinski definition) is 10. The first-order valence-electron chi connectivity index (χ1n) is 14.1. The fourth-order valence-electron chi connectivity index (χ4n) is 3.56. The van der Waals surface area contributed by atoms with Crippen molar-refractivity contribution in [1.82, 2.24) is 0 Å². The van der Waals surface area contributed by atoms with Crippen molar-refractivity contribution in [1.29, 1.82) is 0 Å². The number of carbonyl (C=O) groups is 2. The summed E-state index contributed by atoms with van der Waals surface area (Å²) in [5, 5.41) is 0. The molecule has 2 unspecified atom stereocenters. The van der Waals surface area contributed by atoms with Gasteiger partial charge < -0.3 is 37.9 Å². The molecule has 10 nitrogen and oxygen atoms in total. The first-order valence-corrected chi connectivity index (χ1v) is 14.1. The molecule has 3 aromatic carbocycles. The average molecular weight is 607 g/mol. The van der Waals surface area contributed by atoms with Crippen molar-refractivity contribution in [2.75, 3.05) is 52.9 Å². The highest BCUT2D eigenvalue weighted by Gasteiger charge is 2.15. The maximum absolute atomic E-state index is 11.3. The first-order chi connectivity index (χ1) is 21.6. The van der Waals surface area contributed by atoms with Crippen molar-refractivity contribution >= 4 is 11.9 Å². The van der Waals surface area contributed by atoms with Crippen LogP contribution in [0.25, 0.3) is 0 Å². The topological polar surface area (TPSA) is 108 Å². The van der Waals surface area contributed by atoms with E-state index in [1.807, 2.05) is 60.7 Å². The Kier molecular flexibility index (Phi) is 15.4. The van der Waals surface area contributed by atoms with Gasteiger partial charge in [0.2, 0.25) is 0 Å². The number of para-hydroxylation sites is 2. The Labute approximate surface area is 257 Å². The normalized spacial score (nSPS) is 11.8. The summed E-state index contributed by atoms with van der Waals surface area (Å²) in [4.78, 5) is 22.6. The first kappa shape index (κ1) is 33.7. The molecule has 3 aromatic rings. The maximum Gasteiger partial charge on any atom is 0.330 e. The molecule has 234 valence electrons. The van der Waals surface area contributed by atoms with E-state index in [-0.39, 0.29) is 52.9 Å². The zero-order chi connectivity index (χ0) is 31.2. The molecule has 0 saturated carbocycles. The Bertz CT molecular complexity index is 1170. The smallest absolute Gasteiger partial charge is 0.330 e. The standard InChI is InChI=1S/C34H38O10/c1-3-33(35)39-20-18-37-31(23-41-27-12-7-5-8-13-27)25-43-29-16-11-17-30(22-29)44-26-32(38-19-21-40-34(36)4-2)24-42-28-14-9-6-10-15-28/h3-17,22,31-32H,1-2,18-21,23-26H2. The third-order valence-electron chi connectivity index (χ3n) is 5.73. The summed E-state index contributed by atoms with van der Waals surface area (Å²) in [6, 6.07) is 25.9. The van der Waals surface area contributed by atoms with Crippen LogP contribution in [0, 0.1) is 0 Å². The van der Waals surface area contributed by atoms with E-state index < -0.39 is 24.1 Å². The van der Waals surface area contributed by atoms with Crippen LogP contribution >= 0.6 is 0 Å². The maximum atomic E-state index is 11.3. The molecule has 10 heteroatoms. The molecule has 0 aromatic heterocycles. The summed E-state index contributed by atoms with van der Waals surface area (Å²) >= 11 is 0. The molecule has 0 aliphatic carbocycles. The molecular formula is C34H38O10. The second-order valence-electron chi connectivity index (χ2n) is 9.07. The Morgan fingerprint density at radius 1 is 0.523 bits per heavy atom. The Hall–Kier alpha value is -4.80. The minimum absolute atomic E-state index is 0.0733. The summed E-state index contributed by atoms with van der Waals surface area (Å²) in [6.07, 6.45) is 1.29. The van der Waals surface area contributed by atoms with Crippen LogP contribution in [-0.4, -0.2) is 77.0 Å². The van der Waals surface area contributed by atoms with Crippen LogP contribution in [0.15, 0.2) is 110 Å². The molecule has 3 rings (SSSR count). The van der Waals surface area contributed by atoms with Gasteiger partial charge in [-0.1, -0.05) is 55.6 Å². The van der Waals surface area contributed by atoms with Crippen molar-refractivity contribution in [3.63, 3.8) is 0 Å². The summed E-state index contributed by atoms with van der Waals surface area (Å²) in [5.74, 6) is 1.47. The minimum Gasteiger partial charge on any atom is -0.491 e. The summed E-state index contributed by atoms with van der Waals surface area (Å²) in [6.45, 7) is 8.01. The molecule has 0 aliphatic rings. The van der Waals surface area contributed by atoms with Crippen molar-refractivity contribution in [2.45, 2.75) is 12.2 Å². The zero-order valence-corrected chi connectivity index (χ0v) is 24.5. The van der Waals surface area contributed by atoms with Crippen LogP contribution in [0.5, 0.6) is 23.0 Å². The van der Waals surface area contributed by atoms with Gasteiger partial charge in [-0.15, -0.1) is 0 Å². The molecule has 44 heavy (non-hydrogen) atoms. The molecule has 0 amide bonds. The fraction of sp³-hybridized carbons (Fsp3) is 0.294. The van der Waals surface area contributed by atoms with Gasteiger partial charge in [0.25, 0.3) is 0 Å². The number of carbonyl (C=O) groups excluding carboxylic acids is 2. The number of hydrogen-bond donors (Lipinski definition) is 0. The van der Waals surface area contributed by atoms with E-state index in [0.717, 1.165) is 12.2 Å². The lowest BCUT2D eigenvalue weighted by atomic mass is 10.3. The van der Waals surface area contributed by atoms with E-state index in [1.54, 1.807) is 24.3 Å². The van der Waals surface area contributed by atoms with E-state index in [0.29, 0.717) is 23.0 Å². The van der Waals surface area contributed by atoms with Gasteiger partial charge in [-0.2, -0.15) is 0 Å². The second kappa shape index (κ2) is 20.2. The van der Waals surface area contributed by atoms with Crippen LogP contribution in [0.4, 0.5) is 0 Å². The van der Waals surface area contributed by atoms with Crippen LogP contribution in [0.2, 0.25) is 0 Å². The summed E-state index contributed by atoms with van der Waals surface area (Å²) in [7, 11) is 0. The SMILES string of the molecule is C=CC(=O)OCCOC(COc1ccccc1)COc1cccc(OCC(COc2ccccc2)OCCOC(=O)C=C)c1. The van der Waals surface area contributed by atoms with Gasteiger partial charge in [0, 0.05) is 18.2 Å². The fourth-order valence-corrected chi connectivity index (χ4v) is 3.56. The van der Waals surface area contributed by atoms with Crippen molar-refractivity contribution in [2.24, 2.45) is 0 Å². The molecule has 0 fully saturated rings. The molecule has 0 heterocycles. The van der Waals surface area contributed by atoms with E-state index in [2.05, 4.69) is 13.2 Å². The third-order valence-corrected chi connectivity index (χ3v) is 5.73. The number of rotatable bonds is 22. The van der Waals surface area contributed by atoms with Gasteiger partial charge in [0.15, 0.2) is 0 Å². The minimum atomic E-state index is -0.519. The molecule has 2 atom stereocenters. The van der Waals surface area contributed by atoms with E-state index >= 15 is 0 Å². The summed E-state index contributed by atoms with van der Waals surface area (Å²) < 4.78 is 45.4. The monoisotopic (exact) mass is 606 g/mol. The number of benzene rings is 3. The molecule has 0 aliphatic heterocycles. The lowest BCUT2D eigenvalue weighted by Gasteiger charge is -2.20. The van der Waals surface area contributed by atoms with Crippen LogP contribution < -0.4 is 18.9 Å². The Morgan fingerprint density at radius 2 is 0.886 bits per heavy atom. The molecule has 0 N–H and O–H groups in total. The zero-order valence-electron chi connectivity index (χ0n) is 24.5. The molecule has 0 spiro atoms. The molecular weight excluding hydrogens is 568 g/mol. The lowest BCUT2D eigenvalue weighted by Crippen LogP contribution is -2.30. The van der Waals surface area contributed by atoms with Crippen LogP contribution in [-0.2, 0) is 28.5 Å². The van der Waals surface area contributed by atoms with E-state index in [9.17, 15) is 9.59 Å². The lowest BCUT2D eigenvalue weighted by molar-refractivity contribution is -0.141. The van der Waals surface area contributed by atoms with Gasteiger partial charge in [-0.25, -0.2) is 9.59 Å². The van der Waals surface area contributed by atoms with Crippen molar-refractivity contribution in [3.8, 4) is 23.0 Å². The summed E-state index contributed by atoms with van der Waals surface area (Å²) in [5.41, 5.74) is 0. The highest BCUT2D eigenvalue weighted by Crippen LogP contribution is 2.21. The largest absolute Gasteiger partial charge is 0.491 e. The Balaban J connectivity index is 1.53. The number of ether oxygens (including phenoxy) is 8. The third kappa shape index (κ3) is 13.9. The van der Waals surface area contributed by atoms with Gasteiger partial charge in [0.1, 0.15) is 74.8 Å². The molecule has 0 radical (unpaired) electrons. The highest BCUT2D eigenvalue weighted by molar-refractivity contribution is 5.81. The Morgan fingerprint density at radius 3 is 1.27 bits per heavy atom.